The van der Waals surface area contributed by atoms with Gasteiger partial charge >= 0.3 is 192 Å². The number of unbranched alkanes of at least 4 members (excludes halogenated alkanes) is 3. The molecule has 0 N–H and O–H groups in total. The van der Waals surface area contributed by atoms with Crippen LogP contribution in [0.3, 0.4) is 0 Å². The van der Waals surface area contributed by atoms with E-state index in [1.165, 1.54) is 38.5 Å². The molecule has 0 aliphatic carbocycles. The van der Waals surface area contributed by atoms with Crippen molar-refractivity contribution in [1.29, 1.82) is 0 Å². The zero-order chi connectivity index (χ0) is 20.8. The molecule has 0 saturated carbocycles. The molecule has 0 saturated heterocycles. The summed E-state index contributed by atoms with van der Waals surface area (Å²) in [6, 6.07) is 0. The molecule has 0 bridgehead atoms. The normalized spacial score (nSPS) is 17.8. The molecule has 0 unspecified atom stereocenters. The van der Waals surface area contributed by atoms with Crippen molar-refractivity contribution >= 4 is 49.0 Å². The molecule has 0 aromatic rings. The summed E-state index contributed by atoms with van der Waals surface area (Å²) in [6.07, 6.45) is 8.59. The third kappa shape index (κ3) is 5.11. The molecule has 3 heteroatoms. The Morgan fingerprint density at radius 2 is 1.11 bits per heavy atom. The Morgan fingerprint density at radius 1 is 0.741 bits per heavy atom. The van der Waals surface area contributed by atoms with Crippen LogP contribution >= 0.6 is 22.6 Å². The molecular formula is C24H47ISiSn. The quantitative estimate of drug-likeness (QED) is 0.153. The summed E-state index contributed by atoms with van der Waals surface area (Å²) in [5, 5.41) is 0. The van der Waals surface area contributed by atoms with Gasteiger partial charge in [-0.05, 0) is 0 Å². The van der Waals surface area contributed by atoms with Gasteiger partial charge in [-0.3, -0.25) is 0 Å². The molecule has 1 heterocycles. The summed E-state index contributed by atoms with van der Waals surface area (Å²) in [5.74, 6) is 0. The van der Waals surface area contributed by atoms with Crippen LogP contribution in [-0.2, 0) is 0 Å². The van der Waals surface area contributed by atoms with E-state index in [4.69, 9.17) is 0 Å². The molecule has 0 amide bonds. The summed E-state index contributed by atoms with van der Waals surface area (Å²) in [4.78, 5) is 0. The SMILES string of the molecule is CCC[CH2][Sn]([CH2]CCC)([CH2]CCC)[C]1=C(C)C(C)=C(I)[Si]1(C(C)C)C(C)C. The summed E-state index contributed by atoms with van der Waals surface area (Å²) in [6.45, 7) is 22.5. The molecule has 1 rings (SSSR count). The zero-order valence-electron chi connectivity index (χ0n) is 19.9. The first-order valence-electron chi connectivity index (χ1n) is 11.8. The minimum absolute atomic E-state index is 0.841. The topological polar surface area (TPSA) is 0 Å². The molecular weight excluding hydrogens is 562 g/mol. The van der Waals surface area contributed by atoms with E-state index < -0.39 is 26.5 Å². The van der Waals surface area contributed by atoms with Crippen LogP contribution in [0.25, 0.3) is 0 Å². The molecule has 0 fully saturated rings. The van der Waals surface area contributed by atoms with Gasteiger partial charge in [0.1, 0.15) is 0 Å². The zero-order valence-corrected chi connectivity index (χ0v) is 25.9. The van der Waals surface area contributed by atoms with Gasteiger partial charge in [-0.25, -0.2) is 0 Å². The maximum atomic E-state index is 2.82. The molecule has 1 aliphatic heterocycles. The van der Waals surface area contributed by atoms with Crippen LogP contribution < -0.4 is 0 Å². The van der Waals surface area contributed by atoms with Crippen LogP contribution in [0, 0.1) is 0 Å². The maximum absolute atomic E-state index is 2.82. The average Bonchev–Trinajstić information content (AvgIpc) is 2.84. The summed E-state index contributed by atoms with van der Waals surface area (Å²) < 4.78 is 8.93. The van der Waals surface area contributed by atoms with Gasteiger partial charge in [-0.2, -0.15) is 0 Å². The van der Waals surface area contributed by atoms with Gasteiger partial charge < -0.3 is 0 Å². The second kappa shape index (κ2) is 11.6. The molecule has 0 aromatic heterocycles. The van der Waals surface area contributed by atoms with Gasteiger partial charge in [0.25, 0.3) is 0 Å². The molecule has 0 spiro atoms. The average molecular weight is 609 g/mol. The fraction of sp³-hybridized carbons (Fsp3) is 0.833. The van der Waals surface area contributed by atoms with E-state index in [2.05, 4.69) is 88.1 Å². The fourth-order valence-electron chi connectivity index (χ4n) is 5.97. The Labute approximate surface area is 190 Å². The van der Waals surface area contributed by atoms with Gasteiger partial charge in [-0.1, -0.05) is 0 Å². The van der Waals surface area contributed by atoms with E-state index in [0.717, 1.165) is 11.1 Å². The number of rotatable bonds is 12. The van der Waals surface area contributed by atoms with Crippen molar-refractivity contribution in [3.63, 3.8) is 0 Å². The Kier molecular flexibility index (Phi) is 11.3. The van der Waals surface area contributed by atoms with Crippen LogP contribution in [0.4, 0.5) is 0 Å². The number of halogens is 1. The van der Waals surface area contributed by atoms with E-state index in [0.29, 0.717) is 0 Å². The van der Waals surface area contributed by atoms with Crippen LogP contribution in [-0.4, -0.2) is 26.5 Å². The van der Waals surface area contributed by atoms with Crippen molar-refractivity contribution in [2.24, 2.45) is 0 Å². The second-order valence-electron chi connectivity index (χ2n) is 9.71. The first-order chi connectivity index (χ1) is 12.7. The van der Waals surface area contributed by atoms with Gasteiger partial charge in [-0.15, -0.1) is 0 Å². The third-order valence-electron chi connectivity index (χ3n) is 7.42. The number of hydrogen-bond donors (Lipinski definition) is 0. The third-order valence-corrected chi connectivity index (χ3v) is 39.3. The fourth-order valence-corrected chi connectivity index (χ4v) is 51.3. The van der Waals surface area contributed by atoms with E-state index in [-0.39, 0.29) is 0 Å². The molecule has 0 atom stereocenters. The minimum atomic E-state index is -2.41. The van der Waals surface area contributed by atoms with Gasteiger partial charge in [0.2, 0.25) is 0 Å². The summed E-state index contributed by atoms with van der Waals surface area (Å²) in [5.41, 5.74) is 5.18. The van der Waals surface area contributed by atoms with Gasteiger partial charge in [0.05, 0.1) is 0 Å². The Morgan fingerprint density at radius 3 is 1.41 bits per heavy atom. The molecule has 27 heavy (non-hydrogen) atoms. The first-order valence-corrected chi connectivity index (χ1v) is 22.5. The Hall–Kier alpha value is 1.23. The summed E-state index contributed by atoms with van der Waals surface area (Å²) >= 11 is 0.410. The van der Waals surface area contributed by atoms with Gasteiger partial charge in [0.15, 0.2) is 0 Å². The number of hydrogen-bond acceptors (Lipinski definition) is 0. The van der Waals surface area contributed by atoms with Crippen molar-refractivity contribution in [2.75, 3.05) is 0 Å². The Balaban J connectivity index is 3.72. The number of allylic oxidation sites excluding steroid dienone is 2. The van der Waals surface area contributed by atoms with Crippen LogP contribution in [0.1, 0.15) is 101 Å². The molecule has 0 radical (unpaired) electrons. The first kappa shape index (κ1) is 26.3. The van der Waals surface area contributed by atoms with Crippen LogP contribution in [0.5, 0.6) is 0 Å². The van der Waals surface area contributed by atoms with E-state index in [9.17, 15) is 0 Å². The van der Waals surface area contributed by atoms with Crippen LogP contribution in [0.2, 0.25) is 24.4 Å². The van der Waals surface area contributed by atoms with E-state index in [1.807, 2.05) is 3.20 Å². The van der Waals surface area contributed by atoms with E-state index in [1.54, 1.807) is 24.5 Å². The molecule has 0 aromatic carbocycles. The van der Waals surface area contributed by atoms with Crippen LogP contribution in [0.15, 0.2) is 17.6 Å². The van der Waals surface area contributed by atoms with E-state index >= 15 is 0 Å². The van der Waals surface area contributed by atoms with Crippen molar-refractivity contribution < 1.29 is 0 Å². The van der Waals surface area contributed by atoms with Crippen molar-refractivity contribution in [2.45, 2.75) is 125 Å². The van der Waals surface area contributed by atoms with Crippen molar-refractivity contribution in [3.05, 3.63) is 17.6 Å². The summed E-state index contributed by atoms with van der Waals surface area (Å²) in [7, 11) is -1.59. The van der Waals surface area contributed by atoms with Crippen molar-refractivity contribution in [1.82, 2.24) is 0 Å². The standard InChI is InChI=1S/C12H20ISi.3C4H9.Sn/c1-8(2)14(9(3)4)7-10(5)11(6)12(14)13;3*1-3-4-2;/h8-9H,1-6H3;3*1,3-4H2,2H3;. The molecule has 0 nitrogen and oxygen atoms in total. The van der Waals surface area contributed by atoms with Crippen molar-refractivity contribution in [3.8, 4) is 0 Å². The molecule has 1 aliphatic rings. The monoisotopic (exact) mass is 610 g/mol. The Bertz CT molecular complexity index is 515. The predicted molar refractivity (Wildman–Crippen MR) is 140 cm³/mol. The van der Waals surface area contributed by atoms with Gasteiger partial charge in [0, 0.05) is 0 Å². The second-order valence-corrected chi connectivity index (χ2v) is 31.3. The molecule has 158 valence electrons. The predicted octanol–water partition coefficient (Wildman–Crippen LogP) is 9.76.